The van der Waals surface area contributed by atoms with Crippen molar-refractivity contribution in [1.82, 2.24) is 5.32 Å². The molecule has 1 unspecified atom stereocenters. The van der Waals surface area contributed by atoms with Crippen LogP contribution in [0.4, 0.5) is 4.39 Å². The zero-order valence-electron chi connectivity index (χ0n) is 8.63. The predicted molar refractivity (Wildman–Crippen MR) is 61.3 cm³/mol. The third-order valence-corrected chi connectivity index (χ3v) is 2.73. The van der Waals surface area contributed by atoms with E-state index >= 15 is 0 Å². The van der Waals surface area contributed by atoms with Crippen LogP contribution in [0.15, 0.2) is 22.7 Å². The van der Waals surface area contributed by atoms with Gasteiger partial charge in [0.2, 0.25) is 0 Å². The second-order valence-corrected chi connectivity index (χ2v) is 4.04. The molecule has 1 amide bonds. The Balaban J connectivity index is 2.89. The number of amides is 1. The summed E-state index contributed by atoms with van der Waals surface area (Å²) < 4.78 is 13.4. The normalized spacial score (nSPS) is 11.6. The van der Waals surface area contributed by atoms with Crippen molar-refractivity contribution in [2.75, 3.05) is 0 Å². The van der Waals surface area contributed by atoms with Crippen molar-refractivity contribution in [3.05, 3.63) is 34.1 Å². The Morgan fingerprint density at radius 1 is 1.69 bits per heavy atom. The summed E-state index contributed by atoms with van der Waals surface area (Å²) in [5, 5.41) is 11.2. The first-order chi connectivity index (χ1) is 7.58. The lowest BCUT2D eigenvalue weighted by Crippen LogP contribution is -2.33. The number of nitrogens with zero attached hydrogens (tertiary/aromatic N) is 1. The molecular weight excluding hydrogens is 275 g/mol. The summed E-state index contributed by atoms with van der Waals surface area (Å²) in [6, 6.07) is 5.23. The van der Waals surface area contributed by atoms with Crippen molar-refractivity contribution in [2.24, 2.45) is 0 Å². The Hall–Kier alpha value is -1.41. The lowest BCUT2D eigenvalue weighted by molar-refractivity contribution is 0.0943. The van der Waals surface area contributed by atoms with Crippen molar-refractivity contribution in [1.29, 1.82) is 5.26 Å². The highest BCUT2D eigenvalue weighted by Gasteiger charge is 2.14. The van der Waals surface area contributed by atoms with Gasteiger partial charge in [-0.2, -0.15) is 5.26 Å². The Bertz CT molecular complexity index is 442. The highest BCUT2D eigenvalue weighted by Crippen LogP contribution is 2.17. The van der Waals surface area contributed by atoms with Crippen LogP contribution in [0.5, 0.6) is 0 Å². The van der Waals surface area contributed by atoms with Gasteiger partial charge < -0.3 is 5.32 Å². The van der Waals surface area contributed by atoms with Crippen LogP contribution in [0.25, 0.3) is 0 Å². The maximum absolute atomic E-state index is 12.9. The summed E-state index contributed by atoms with van der Waals surface area (Å²) in [6.45, 7) is 1.79. The minimum absolute atomic E-state index is 0.189. The quantitative estimate of drug-likeness (QED) is 0.928. The third kappa shape index (κ3) is 3.04. The molecular formula is C11H10BrFN2O. The number of carbonyl (C=O) groups is 1. The van der Waals surface area contributed by atoms with Gasteiger partial charge in [-0.25, -0.2) is 4.39 Å². The van der Waals surface area contributed by atoms with Crippen LogP contribution in [-0.4, -0.2) is 11.9 Å². The van der Waals surface area contributed by atoms with Gasteiger partial charge in [0.25, 0.3) is 5.91 Å². The summed E-state index contributed by atoms with van der Waals surface area (Å²) in [5.41, 5.74) is 0.189. The number of rotatable bonds is 3. The van der Waals surface area contributed by atoms with Crippen LogP contribution in [0, 0.1) is 17.1 Å². The molecule has 0 aromatic heterocycles. The number of carbonyl (C=O) groups excluding carboxylic acids is 1. The molecule has 1 N–H and O–H groups in total. The molecule has 0 spiro atoms. The van der Waals surface area contributed by atoms with Gasteiger partial charge in [-0.05, 0) is 40.5 Å². The lowest BCUT2D eigenvalue weighted by Gasteiger charge is -2.10. The smallest absolute Gasteiger partial charge is 0.253 e. The maximum Gasteiger partial charge on any atom is 0.253 e. The van der Waals surface area contributed by atoms with Gasteiger partial charge in [-0.15, -0.1) is 0 Å². The molecule has 5 heteroatoms. The first-order valence-corrected chi connectivity index (χ1v) is 5.53. The summed E-state index contributed by atoms with van der Waals surface area (Å²) in [5.74, 6) is -0.946. The van der Waals surface area contributed by atoms with Crippen molar-refractivity contribution in [3.8, 4) is 6.07 Å². The molecule has 0 fully saturated rings. The summed E-state index contributed by atoms with van der Waals surface area (Å²) >= 11 is 3.15. The van der Waals surface area contributed by atoms with Gasteiger partial charge in [0.1, 0.15) is 11.9 Å². The van der Waals surface area contributed by atoms with Gasteiger partial charge >= 0.3 is 0 Å². The van der Waals surface area contributed by atoms with Crippen molar-refractivity contribution >= 4 is 21.8 Å². The van der Waals surface area contributed by atoms with Gasteiger partial charge in [0.05, 0.1) is 11.6 Å². The fourth-order valence-corrected chi connectivity index (χ4v) is 1.56. The molecule has 3 nitrogen and oxygen atoms in total. The topological polar surface area (TPSA) is 52.9 Å². The highest BCUT2D eigenvalue weighted by molar-refractivity contribution is 9.10. The number of benzene rings is 1. The molecule has 16 heavy (non-hydrogen) atoms. The molecule has 0 aliphatic heterocycles. The van der Waals surface area contributed by atoms with E-state index in [-0.39, 0.29) is 5.56 Å². The monoisotopic (exact) mass is 284 g/mol. The molecule has 1 atom stereocenters. The van der Waals surface area contributed by atoms with E-state index < -0.39 is 17.8 Å². The zero-order valence-corrected chi connectivity index (χ0v) is 10.2. The number of nitrogens with one attached hydrogen (secondary N) is 1. The SMILES string of the molecule is CCC(C#N)NC(=O)c1cc(F)ccc1Br. The molecule has 0 saturated heterocycles. The minimum atomic E-state index is -0.553. The van der Waals surface area contributed by atoms with Crippen molar-refractivity contribution in [2.45, 2.75) is 19.4 Å². The number of hydrogen-bond acceptors (Lipinski definition) is 2. The van der Waals surface area contributed by atoms with E-state index in [0.717, 1.165) is 6.07 Å². The molecule has 84 valence electrons. The van der Waals surface area contributed by atoms with E-state index in [0.29, 0.717) is 10.9 Å². The fraction of sp³-hybridized carbons (Fsp3) is 0.273. The average molecular weight is 285 g/mol. The van der Waals surface area contributed by atoms with Crippen LogP contribution < -0.4 is 5.32 Å². The molecule has 0 bridgehead atoms. The van der Waals surface area contributed by atoms with Crippen LogP contribution >= 0.6 is 15.9 Å². The molecule has 1 rings (SSSR count). The van der Waals surface area contributed by atoms with E-state index in [1.807, 2.05) is 6.07 Å². The predicted octanol–water partition coefficient (Wildman–Crippen LogP) is 2.62. The fourth-order valence-electron chi connectivity index (χ4n) is 1.13. The van der Waals surface area contributed by atoms with E-state index in [9.17, 15) is 9.18 Å². The van der Waals surface area contributed by atoms with Gasteiger partial charge in [-0.3, -0.25) is 4.79 Å². The summed E-state index contributed by atoms with van der Waals surface area (Å²) in [6.07, 6.45) is 0.509. The van der Waals surface area contributed by atoms with Gasteiger partial charge in [0.15, 0.2) is 0 Å². The molecule has 0 saturated carbocycles. The number of nitriles is 1. The van der Waals surface area contributed by atoms with E-state index in [1.54, 1.807) is 6.92 Å². The zero-order chi connectivity index (χ0) is 12.1. The second-order valence-electron chi connectivity index (χ2n) is 3.19. The molecule has 0 radical (unpaired) electrons. The van der Waals surface area contributed by atoms with Crippen LogP contribution in [0.1, 0.15) is 23.7 Å². The Kier molecular flexibility index (Phi) is 4.44. The Labute approximate surface area is 101 Å². The first kappa shape index (κ1) is 12.7. The third-order valence-electron chi connectivity index (χ3n) is 2.04. The highest BCUT2D eigenvalue weighted by atomic mass is 79.9. The molecule has 0 heterocycles. The van der Waals surface area contributed by atoms with E-state index in [2.05, 4.69) is 21.2 Å². The average Bonchev–Trinajstić information content (AvgIpc) is 2.28. The first-order valence-electron chi connectivity index (χ1n) is 4.74. The Morgan fingerprint density at radius 2 is 2.38 bits per heavy atom. The van der Waals surface area contributed by atoms with Crippen LogP contribution in [0.3, 0.4) is 0 Å². The molecule has 0 aliphatic rings. The lowest BCUT2D eigenvalue weighted by atomic mass is 10.2. The molecule has 1 aromatic rings. The van der Waals surface area contributed by atoms with Crippen molar-refractivity contribution in [3.63, 3.8) is 0 Å². The number of halogens is 2. The number of hydrogen-bond donors (Lipinski definition) is 1. The van der Waals surface area contributed by atoms with Crippen LogP contribution in [0.2, 0.25) is 0 Å². The van der Waals surface area contributed by atoms with Gasteiger partial charge in [0, 0.05) is 4.47 Å². The van der Waals surface area contributed by atoms with E-state index in [4.69, 9.17) is 5.26 Å². The standard InChI is InChI=1S/C11H10BrFN2O/c1-2-8(6-14)15-11(16)9-5-7(13)3-4-10(9)12/h3-5,8H,2H2,1H3,(H,15,16). The minimum Gasteiger partial charge on any atom is -0.336 e. The van der Waals surface area contributed by atoms with Crippen LogP contribution in [-0.2, 0) is 0 Å². The second kappa shape index (κ2) is 5.61. The summed E-state index contributed by atoms with van der Waals surface area (Å²) in [4.78, 5) is 11.7. The van der Waals surface area contributed by atoms with E-state index in [1.165, 1.54) is 12.1 Å². The molecule has 0 aliphatic carbocycles. The van der Waals surface area contributed by atoms with Gasteiger partial charge in [-0.1, -0.05) is 6.92 Å². The Morgan fingerprint density at radius 3 is 2.94 bits per heavy atom. The maximum atomic E-state index is 12.9. The molecule has 1 aromatic carbocycles. The van der Waals surface area contributed by atoms with Crippen molar-refractivity contribution < 1.29 is 9.18 Å². The summed E-state index contributed by atoms with van der Waals surface area (Å²) in [7, 11) is 0. The largest absolute Gasteiger partial charge is 0.336 e.